The molecule has 0 radical (unpaired) electrons. The van der Waals surface area contributed by atoms with Gasteiger partial charge in [0.1, 0.15) is 24.0 Å². The Morgan fingerprint density at radius 1 is 0.979 bits per heavy atom. The smallest absolute Gasteiger partial charge is 0.439 e. The maximum atomic E-state index is 15.9. The number of rotatable bonds is 8. The molecule has 0 aliphatic heterocycles. The molecule has 2 heterocycles. The van der Waals surface area contributed by atoms with E-state index in [0.717, 1.165) is 54.3 Å². The van der Waals surface area contributed by atoms with Gasteiger partial charge in [0.15, 0.2) is 5.82 Å². The maximum absolute atomic E-state index is 15.9. The number of carboxylic acids is 1. The van der Waals surface area contributed by atoms with Crippen molar-refractivity contribution in [2.75, 3.05) is 0 Å². The van der Waals surface area contributed by atoms with Crippen LogP contribution in [0.4, 0.5) is 4.39 Å². The average molecular weight is 676 g/mol. The number of fused-ring (bicyclic) bond motifs is 1. The minimum atomic E-state index is -1.04. The molecule has 0 unspecified atom stereocenters. The molecule has 0 bridgehead atoms. The lowest BCUT2D eigenvalue weighted by Gasteiger charge is -2.25. The second-order valence-electron chi connectivity index (χ2n) is 11.4. The maximum Gasteiger partial charge on any atom is 0.439 e. The van der Waals surface area contributed by atoms with Gasteiger partial charge in [-0.3, -0.25) is 9.51 Å². The van der Waals surface area contributed by atoms with E-state index in [1.54, 1.807) is 36.4 Å². The predicted octanol–water partition coefficient (Wildman–Crippen LogP) is 8.71. The zero-order valence-corrected chi connectivity index (χ0v) is 26.5. The van der Waals surface area contributed by atoms with Crippen molar-refractivity contribution >= 4 is 41.0 Å². The molecule has 1 aliphatic carbocycles. The van der Waals surface area contributed by atoms with Gasteiger partial charge in [0, 0.05) is 22.7 Å². The Balaban J connectivity index is 0.00000386. The summed E-state index contributed by atoms with van der Waals surface area (Å²) in [5, 5.41) is 13.9. The summed E-state index contributed by atoms with van der Waals surface area (Å²) in [4.78, 5) is 30.5. The van der Waals surface area contributed by atoms with E-state index in [0.29, 0.717) is 33.2 Å². The Morgan fingerprint density at radius 3 is 2.43 bits per heavy atom. The lowest BCUT2D eigenvalue weighted by atomic mass is 9.94. The summed E-state index contributed by atoms with van der Waals surface area (Å²) in [5.41, 5.74) is 4.90. The van der Waals surface area contributed by atoms with Crippen LogP contribution in [0.15, 0.2) is 88.2 Å². The average Bonchev–Trinajstić information content (AvgIpc) is 3.67. The highest BCUT2D eigenvalue weighted by molar-refractivity contribution is 6.30. The molecule has 0 saturated heterocycles. The molecule has 1 aliphatic rings. The molecule has 0 atom stereocenters. The van der Waals surface area contributed by atoms with E-state index in [9.17, 15) is 14.7 Å². The number of aromatic nitrogens is 4. The van der Waals surface area contributed by atoms with Crippen molar-refractivity contribution in [3.8, 4) is 39.7 Å². The third-order valence-corrected chi connectivity index (χ3v) is 8.68. The Labute approximate surface area is 279 Å². The number of aromatic amines is 1. The highest BCUT2D eigenvalue weighted by Gasteiger charge is 2.25. The van der Waals surface area contributed by atoms with Crippen LogP contribution >= 0.6 is 24.0 Å². The first kappa shape index (κ1) is 32.0. The quantitative estimate of drug-likeness (QED) is 0.165. The molecule has 6 aromatic rings. The standard InChI is InChI=1S/C35H28ClFN4O5.ClH/c36-24-10-6-20(7-11-24)27-13-8-21(32-39-35(44)46-40-32)16-23(27)19-45-26-12-14-28(29(37)18-26)33-38-30-17-22(34(42)43)9-15-31(30)41(33)25-4-2-1-3-5-25;/h6-18,25H,1-5,19H2,(H,42,43)(H,39,40,44);1H. The number of carbonyl (C=O) groups is 1. The SMILES string of the molecule is Cl.O=C(O)c1ccc2c(c1)nc(-c1ccc(OCc3cc(-c4noc(=O)[nH]4)ccc3-c3ccc(Cl)cc3)cc1F)n2C1CCCCC1. The van der Waals surface area contributed by atoms with Crippen LogP contribution in [0.3, 0.4) is 0 Å². The van der Waals surface area contributed by atoms with Crippen LogP contribution in [0.5, 0.6) is 5.75 Å². The molecule has 12 heteroatoms. The number of H-pyrrole nitrogens is 1. The third-order valence-electron chi connectivity index (χ3n) is 8.43. The summed E-state index contributed by atoms with van der Waals surface area (Å²) in [5.74, 6) is -1.15. The van der Waals surface area contributed by atoms with E-state index in [2.05, 4.69) is 19.2 Å². The molecule has 7 rings (SSSR count). The molecule has 1 saturated carbocycles. The van der Waals surface area contributed by atoms with E-state index in [1.165, 1.54) is 12.1 Å². The number of ether oxygens (including phenoxy) is 1. The van der Waals surface area contributed by atoms with E-state index < -0.39 is 17.5 Å². The second kappa shape index (κ2) is 13.4. The summed E-state index contributed by atoms with van der Waals surface area (Å²) in [6.45, 7) is 0.0885. The number of imidazole rings is 1. The fourth-order valence-electron chi connectivity index (χ4n) is 6.18. The number of nitrogens with one attached hydrogen (secondary N) is 1. The topological polar surface area (TPSA) is 123 Å². The van der Waals surface area contributed by atoms with Crippen LogP contribution in [0, 0.1) is 5.82 Å². The van der Waals surface area contributed by atoms with Gasteiger partial charge in [0.25, 0.3) is 0 Å². The molecule has 2 aromatic heterocycles. The number of carboxylic acid groups (broad SMARTS) is 1. The Hall–Kier alpha value is -4.93. The third kappa shape index (κ3) is 6.52. The minimum absolute atomic E-state index is 0. The molecule has 240 valence electrons. The van der Waals surface area contributed by atoms with Gasteiger partial charge in [0.05, 0.1) is 22.2 Å². The monoisotopic (exact) mass is 674 g/mol. The molecular weight excluding hydrogens is 646 g/mol. The molecule has 1 fully saturated rings. The summed E-state index contributed by atoms with van der Waals surface area (Å²) >= 11 is 6.11. The normalized spacial score (nSPS) is 13.4. The second-order valence-corrected chi connectivity index (χ2v) is 11.8. The zero-order valence-electron chi connectivity index (χ0n) is 24.9. The van der Waals surface area contributed by atoms with Gasteiger partial charge in [-0.25, -0.2) is 19.0 Å². The molecule has 0 spiro atoms. The van der Waals surface area contributed by atoms with Crippen molar-refractivity contribution in [3.05, 3.63) is 111 Å². The van der Waals surface area contributed by atoms with Gasteiger partial charge in [0.2, 0.25) is 0 Å². The number of nitrogens with zero attached hydrogens (tertiary/aromatic N) is 3. The van der Waals surface area contributed by atoms with Crippen LogP contribution in [0.25, 0.3) is 44.9 Å². The minimum Gasteiger partial charge on any atom is -0.489 e. The van der Waals surface area contributed by atoms with Crippen molar-refractivity contribution in [3.63, 3.8) is 0 Å². The molecule has 9 nitrogen and oxygen atoms in total. The lowest BCUT2D eigenvalue weighted by molar-refractivity contribution is 0.0697. The van der Waals surface area contributed by atoms with E-state index >= 15 is 4.39 Å². The van der Waals surface area contributed by atoms with Gasteiger partial charge in [-0.15, -0.1) is 12.4 Å². The Bertz CT molecular complexity index is 2130. The molecular formula is C35H29Cl2FN4O5. The van der Waals surface area contributed by atoms with Crippen molar-refractivity contribution in [1.82, 2.24) is 19.7 Å². The van der Waals surface area contributed by atoms with Gasteiger partial charge in [-0.05, 0) is 78.1 Å². The number of aromatic carboxylic acids is 1. The van der Waals surface area contributed by atoms with Gasteiger partial charge < -0.3 is 14.4 Å². The summed E-state index contributed by atoms with van der Waals surface area (Å²) in [6, 6.07) is 22.6. The summed E-state index contributed by atoms with van der Waals surface area (Å²) < 4.78 is 28.8. The number of hydrogen-bond acceptors (Lipinski definition) is 6. The highest BCUT2D eigenvalue weighted by atomic mass is 35.5. The fraction of sp³-hybridized carbons (Fsp3) is 0.200. The Kier molecular flexibility index (Phi) is 9.15. The van der Waals surface area contributed by atoms with Crippen LogP contribution in [-0.4, -0.2) is 30.8 Å². The zero-order chi connectivity index (χ0) is 31.8. The number of halogens is 3. The van der Waals surface area contributed by atoms with Crippen LogP contribution in [0.2, 0.25) is 5.02 Å². The largest absolute Gasteiger partial charge is 0.489 e. The first-order valence-electron chi connectivity index (χ1n) is 15.0. The summed E-state index contributed by atoms with van der Waals surface area (Å²) in [6.07, 6.45) is 5.18. The number of hydrogen-bond donors (Lipinski definition) is 2. The van der Waals surface area contributed by atoms with Crippen molar-refractivity contribution in [2.24, 2.45) is 0 Å². The molecule has 2 N–H and O–H groups in total. The fourth-order valence-corrected chi connectivity index (χ4v) is 6.31. The van der Waals surface area contributed by atoms with Crippen molar-refractivity contribution in [1.29, 1.82) is 0 Å². The van der Waals surface area contributed by atoms with Crippen LogP contribution < -0.4 is 10.5 Å². The first-order valence-corrected chi connectivity index (χ1v) is 15.3. The summed E-state index contributed by atoms with van der Waals surface area (Å²) in [7, 11) is 0. The first-order chi connectivity index (χ1) is 22.3. The van der Waals surface area contributed by atoms with E-state index in [1.807, 2.05) is 30.3 Å². The van der Waals surface area contributed by atoms with E-state index in [-0.39, 0.29) is 36.4 Å². The van der Waals surface area contributed by atoms with E-state index in [4.69, 9.17) is 21.3 Å². The van der Waals surface area contributed by atoms with Gasteiger partial charge in [-0.2, -0.15) is 0 Å². The van der Waals surface area contributed by atoms with Crippen LogP contribution in [0.1, 0.15) is 54.1 Å². The molecule has 0 amide bonds. The number of benzene rings is 4. The Morgan fingerprint density at radius 2 is 1.72 bits per heavy atom. The van der Waals surface area contributed by atoms with Crippen molar-refractivity contribution in [2.45, 2.75) is 44.8 Å². The van der Waals surface area contributed by atoms with Gasteiger partial charge in [-0.1, -0.05) is 60.3 Å². The predicted molar refractivity (Wildman–Crippen MR) is 179 cm³/mol. The lowest BCUT2D eigenvalue weighted by Crippen LogP contribution is -2.14. The molecule has 4 aromatic carbocycles. The van der Waals surface area contributed by atoms with Gasteiger partial charge >= 0.3 is 11.7 Å². The highest BCUT2D eigenvalue weighted by Crippen LogP contribution is 2.38. The molecule has 47 heavy (non-hydrogen) atoms. The van der Waals surface area contributed by atoms with Crippen LogP contribution in [-0.2, 0) is 6.61 Å². The van der Waals surface area contributed by atoms with Crippen molar-refractivity contribution < 1.29 is 23.6 Å².